The quantitative estimate of drug-likeness (QED) is 0.667. The summed E-state index contributed by atoms with van der Waals surface area (Å²) in [4.78, 5) is 0. The molecule has 0 bridgehead atoms. The maximum atomic E-state index is 11.3. The first-order valence-corrected chi connectivity index (χ1v) is 6.04. The van der Waals surface area contributed by atoms with E-state index in [0.717, 1.165) is 0 Å². The Labute approximate surface area is 78.1 Å². The predicted molar refractivity (Wildman–Crippen MR) is 57.3 cm³/mol. The predicted octanol–water partition coefficient (Wildman–Crippen LogP) is 1.21. The third-order valence-electron chi connectivity index (χ3n) is 1.37. The molecule has 0 heterocycles. The summed E-state index contributed by atoms with van der Waals surface area (Å²) in [6, 6.07) is 4.95. The summed E-state index contributed by atoms with van der Waals surface area (Å²) in [5, 5.41) is 0. The van der Waals surface area contributed by atoms with E-state index in [4.69, 9.17) is 11.5 Å². The molecule has 0 aromatic heterocycles. The highest BCUT2D eigenvalue weighted by atomic mass is 32.2. The molecule has 4 N–H and O–H groups in total. The molecule has 72 valence electrons. The molecule has 0 unspecified atom stereocenters. The zero-order valence-corrected chi connectivity index (χ0v) is 8.47. The fourth-order valence-electron chi connectivity index (χ4n) is 0.893. The van der Waals surface area contributed by atoms with Crippen molar-refractivity contribution in [2.75, 3.05) is 24.0 Å². The van der Waals surface area contributed by atoms with E-state index in [9.17, 15) is 4.21 Å². The topological polar surface area (TPSA) is 81.5 Å². The number of nitrogens with zero attached hydrogens (tertiary/aromatic N) is 1. The van der Waals surface area contributed by atoms with Crippen LogP contribution in [0.25, 0.3) is 0 Å². The van der Waals surface area contributed by atoms with Gasteiger partial charge in [-0.25, -0.2) is 4.21 Å². The normalized spacial score (nSPS) is 11.2. The van der Waals surface area contributed by atoms with Crippen LogP contribution in [-0.2, 0) is 9.73 Å². The molecule has 0 aliphatic carbocycles. The molecule has 0 fully saturated rings. The molecule has 0 radical (unpaired) electrons. The van der Waals surface area contributed by atoms with Gasteiger partial charge in [0.15, 0.2) is 0 Å². The van der Waals surface area contributed by atoms with Crippen molar-refractivity contribution in [3.8, 4) is 0 Å². The molecule has 1 aromatic rings. The van der Waals surface area contributed by atoms with Gasteiger partial charge in [-0.2, -0.15) is 4.36 Å². The van der Waals surface area contributed by atoms with Crippen LogP contribution in [0.1, 0.15) is 0 Å². The first-order valence-electron chi connectivity index (χ1n) is 3.70. The molecule has 13 heavy (non-hydrogen) atoms. The van der Waals surface area contributed by atoms with E-state index in [1.165, 1.54) is 0 Å². The van der Waals surface area contributed by atoms with E-state index in [1.807, 2.05) is 0 Å². The summed E-state index contributed by atoms with van der Waals surface area (Å²) in [6.45, 7) is 0. The van der Waals surface area contributed by atoms with Crippen LogP contribution >= 0.6 is 0 Å². The number of nitrogen functional groups attached to an aromatic ring is 2. The Kier molecular flexibility index (Phi) is 2.47. The number of rotatable bonds is 1. The van der Waals surface area contributed by atoms with Gasteiger partial charge in [0.25, 0.3) is 0 Å². The lowest BCUT2D eigenvalue weighted by atomic mass is 10.2. The molecule has 0 spiro atoms. The van der Waals surface area contributed by atoms with Crippen molar-refractivity contribution >= 4 is 26.8 Å². The minimum absolute atomic E-state index is 0.455. The summed E-state index contributed by atoms with van der Waals surface area (Å²) in [5.41, 5.74) is 12.7. The van der Waals surface area contributed by atoms with Gasteiger partial charge in [-0.1, -0.05) is 0 Å². The maximum absolute atomic E-state index is 11.3. The van der Waals surface area contributed by atoms with Crippen LogP contribution in [0, 0.1) is 0 Å². The van der Waals surface area contributed by atoms with Crippen LogP contribution in [0.3, 0.4) is 0 Å². The van der Waals surface area contributed by atoms with Gasteiger partial charge < -0.3 is 11.5 Å². The molecular weight excluding hydrogens is 186 g/mol. The number of hydrogen-bond donors (Lipinski definition) is 2. The summed E-state index contributed by atoms with van der Waals surface area (Å²) in [5.74, 6) is 0. The summed E-state index contributed by atoms with van der Waals surface area (Å²) >= 11 is 0. The van der Waals surface area contributed by atoms with Gasteiger partial charge in [0.05, 0.1) is 11.4 Å². The van der Waals surface area contributed by atoms with Crippen LogP contribution in [-0.4, -0.2) is 16.7 Å². The molecule has 0 saturated heterocycles. The molecule has 1 rings (SSSR count). The fraction of sp³-hybridized carbons (Fsp3) is 0.250. The molecular formula is C8H13N3OS. The zero-order valence-electron chi connectivity index (χ0n) is 7.65. The van der Waals surface area contributed by atoms with E-state index in [1.54, 1.807) is 30.7 Å². The molecule has 0 aliphatic rings. The van der Waals surface area contributed by atoms with Gasteiger partial charge >= 0.3 is 0 Å². The Morgan fingerprint density at radius 3 is 2.38 bits per heavy atom. The first-order chi connectivity index (χ1) is 5.88. The van der Waals surface area contributed by atoms with Gasteiger partial charge in [0.1, 0.15) is 0 Å². The second kappa shape index (κ2) is 3.26. The van der Waals surface area contributed by atoms with Gasteiger partial charge in [0, 0.05) is 27.9 Å². The van der Waals surface area contributed by atoms with Crippen molar-refractivity contribution in [3.63, 3.8) is 0 Å². The van der Waals surface area contributed by atoms with Crippen molar-refractivity contribution in [1.82, 2.24) is 0 Å². The Hall–Kier alpha value is -1.23. The minimum Gasteiger partial charge on any atom is -0.399 e. The lowest BCUT2D eigenvalue weighted by molar-refractivity contribution is 0.684. The monoisotopic (exact) mass is 199 g/mol. The largest absolute Gasteiger partial charge is 0.399 e. The number of anilines is 2. The fourth-order valence-corrected chi connectivity index (χ4v) is 1.53. The van der Waals surface area contributed by atoms with Crippen LogP contribution < -0.4 is 11.5 Å². The Morgan fingerprint density at radius 1 is 1.31 bits per heavy atom. The number of hydrogen-bond acceptors (Lipinski definition) is 4. The first kappa shape index (κ1) is 9.85. The molecule has 0 aliphatic heterocycles. The van der Waals surface area contributed by atoms with Gasteiger partial charge in [-0.15, -0.1) is 0 Å². The second-order valence-corrected chi connectivity index (χ2v) is 5.64. The molecule has 5 heteroatoms. The summed E-state index contributed by atoms with van der Waals surface area (Å²) < 4.78 is 15.3. The van der Waals surface area contributed by atoms with Gasteiger partial charge in [0.2, 0.25) is 0 Å². The molecule has 0 amide bonds. The van der Waals surface area contributed by atoms with Crippen molar-refractivity contribution in [2.24, 2.45) is 4.36 Å². The Morgan fingerprint density at radius 2 is 1.92 bits per heavy atom. The van der Waals surface area contributed by atoms with E-state index in [-0.39, 0.29) is 0 Å². The van der Waals surface area contributed by atoms with Crippen molar-refractivity contribution in [1.29, 1.82) is 0 Å². The van der Waals surface area contributed by atoms with Crippen LogP contribution in [0.4, 0.5) is 17.1 Å². The standard InChI is InChI=1S/C8H13N3OS/c1-13(2,12)11-8-4-3-6(9)5-7(8)10/h3-5H,9-10H2,1-2H3. The van der Waals surface area contributed by atoms with Gasteiger partial charge in [-0.05, 0) is 18.2 Å². The smallest absolute Gasteiger partial charge is 0.0960 e. The summed E-state index contributed by atoms with van der Waals surface area (Å²) in [7, 11) is -2.16. The van der Waals surface area contributed by atoms with Crippen molar-refractivity contribution < 1.29 is 4.21 Å². The average molecular weight is 199 g/mol. The summed E-state index contributed by atoms with van der Waals surface area (Å²) in [6.07, 6.45) is 3.12. The van der Waals surface area contributed by atoms with Crippen LogP contribution in [0.2, 0.25) is 0 Å². The third-order valence-corrected chi connectivity index (χ3v) is 2.01. The minimum atomic E-state index is -2.16. The van der Waals surface area contributed by atoms with Crippen molar-refractivity contribution in [3.05, 3.63) is 18.2 Å². The molecule has 1 aromatic carbocycles. The Bertz CT molecular complexity index is 425. The molecule has 0 saturated carbocycles. The van der Waals surface area contributed by atoms with Crippen LogP contribution in [0.15, 0.2) is 22.6 Å². The van der Waals surface area contributed by atoms with Crippen molar-refractivity contribution in [2.45, 2.75) is 0 Å². The highest BCUT2D eigenvalue weighted by molar-refractivity contribution is 7.92. The lowest BCUT2D eigenvalue weighted by Crippen LogP contribution is -1.93. The highest BCUT2D eigenvalue weighted by Crippen LogP contribution is 2.24. The number of nitrogens with two attached hydrogens (primary N) is 2. The SMILES string of the molecule is CS(C)(=O)=Nc1ccc(N)cc1N. The third kappa shape index (κ3) is 2.95. The van der Waals surface area contributed by atoms with E-state index >= 15 is 0 Å². The van der Waals surface area contributed by atoms with E-state index < -0.39 is 9.73 Å². The second-order valence-electron chi connectivity index (χ2n) is 3.09. The van der Waals surface area contributed by atoms with E-state index in [2.05, 4.69) is 4.36 Å². The number of benzene rings is 1. The Balaban J connectivity index is 3.26. The van der Waals surface area contributed by atoms with Gasteiger partial charge in [-0.3, -0.25) is 0 Å². The van der Waals surface area contributed by atoms with E-state index in [0.29, 0.717) is 17.1 Å². The molecule has 4 nitrogen and oxygen atoms in total. The lowest BCUT2D eigenvalue weighted by Gasteiger charge is -2.02. The molecule has 0 atom stereocenters. The average Bonchev–Trinajstić information content (AvgIpc) is 1.93. The maximum Gasteiger partial charge on any atom is 0.0960 e. The zero-order chi connectivity index (χ0) is 10.1. The highest BCUT2D eigenvalue weighted by Gasteiger charge is 1.99. The van der Waals surface area contributed by atoms with Crippen LogP contribution in [0.5, 0.6) is 0 Å².